The van der Waals surface area contributed by atoms with Crippen molar-refractivity contribution in [3.05, 3.63) is 12.1 Å². The Balaban J connectivity index is 2.62. The number of rotatable bonds is 8. The molecule has 0 spiro atoms. The number of nitrogens with two attached hydrogens (primary N) is 1. The second-order valence-corrected chi connectivity index (χ2v) is 7.62. The third-order valence-corrected chi connectivity index (χ3v) is 4.50. The van der Waals surface area contributed by atoms with E-state index in [0.29, 0.717) is 29.9 Å². The molecule has 7 nitrogen and oxygen atoms in total. The first kappa shape index (κ1) is 17.5. The zero-order chi connectivity index (χ0) is 16.0. The van der Waals surface area contributed by atoms with Crippen LogP contribution in [0.25, 0.3) is 0 Å². The molecule has 0 atom stereocenters. The molecule has 0 aromatic carbocycles. The van der Waals surface area contributed by atoms with Crippen LogP contribution in [-0.2, 0) is 10.0 Å². The smallest absolute Gasteiger partial charge is 0.239 e. The molecule has 1 aromatic heterocycles. The minimum atomic E-state index is -3.22. The lowest BCUT2D eigenvalue weighted by Crippen LogP contribution is -2.28. The topological polar surface area (TPSA) is 97.5 Å². The number of anilines is 2. The van der Waals surface area contributed by atoms with Crippen LogP contribution in [0.15, 0.2) is 12.1 Å². The van der Waals surface area contributed by atoms with Crippen LogP contribution in [-0.4, -0.2) is 50.7 Å². The highest BCUT2D eigenvalue weighted by Gasteiger charge is 2.13. The summed E-state index contributed by atoms with van der Waals surface area (Å²) in [5, 5.41) is 2.96. The van der Waals surface area contributed by atoms with Crippen LogP contribution in [0.5, 0.6) is 5.88 Å². The summed E-state index contributed by atoms with van der Waals surface area (Å²) in [5.41, 5.74) is 6.26. The molecule has 0 aliphatic heterocycles. The largest absolute Gasteiger partial charge is 0.476 e. The van der Waals surface area contributed by atoms with Gasteiger partial charge in [-0.25, -0.2) is 12.7 Å². The van der Waals surface area contributed by atoms with Crippen molar-refractivity contribution in [2.75, 3.05) is 44.1 Å². The van der Waals surface area contributed by atoms with Crippen LogP contribution < -0.4 is 15.8 Å². The number of nitrogens with one attached hydrogen (secondary N) is 1. The van der Waals surface area contributed by atoms with E-state index < -0.39 is 10.0 Å². The number of pyridine rings is 1. The molecule has 120 valence electrons. The fourth-order valence-corrected chi connectivity index (χ4v) is 2.13. The van der Waals surface area contributed by atoms with E-state index in [2.05, 4.69) is 10.3 Å². The number of nitrogens with zero attached hydrogens (tertiary/aromatic N) is 2. The molecule has 1 heterocycles. The number of ether oxygens (including phenoxy) is 1. The summed E-state index contributed by atoms with van der Waals surface area (Å²) >= 11 is 0. The number of aromatic nitrogens is 1. The van der Waals surface area contributed by atoms with E-state index in [9.17, 15) is 8.42 Å². The van der Waals surface area contributed by atoms with Crippen molar-refractivity contribution >= 4 is 21.5 Å². The van der Waals surface area contributed by atoms with Gasteiger partial charge >= 0.3 is 0 Å². The monoisotopic (exact) mass is 316 g/mol. The van der Waals surface area contributed by atoms with E-state index in [4.69, 9.17) is 10.5 Å². The lowest BCUT2D eigenvalue weighted by molar-refractivity contribution is 0.263. The molecule has 1 rings (SSSR count). The van der Waals surface area contributed by atoms with Gasteiger partial charge in [0.1, 0.15) is 5.82 Å². The summed E-state index contributed by atoms with van der Waals surface area (Å²) < 4.78 is 30.0. The summed E-state index contributed by atoms with van der Waals surface area (Å²) in [6.07, 6.45) is 0. The zero-order valence-corrected chi connectivity index (χ0v) is 13.8. The molecular formula is C13H24N4O3S. The quantitative estimate of drug-likeness (QED) is 0.742. The van der Waals surface area contributed by atoms with E-state index in [1.165, 1.54) is 18.4 Å². The molecule has 0 bridgehead atoms. The van der Waals surface area contributed by atoms with E-state index in [1.54, 1.807) is 12.1 Å². The second-order valence-electron chi connectivity index (χ2n) is 5.32. The minimum absolute atomic E-state index is 0.00571. The summed E-state index contributed by atoms with van der Waals surface area (Å²) in [5.74, 6) is 1.27. The van der Waals surface area contributed by atoms with Crippen molar-refractivity contribution in [3.63, 3.8) is 0 Å². The Labute approximate surface area is 126 Å². The van der Waals surface area contributed by atoms with Gasteiger partial charge in [0.2, 0.25) is 15.9 Å². The third kappa shape index (κ3) is 5.76. The van der Waals surface area contributed by atoms with E-state index in [0.717, 1.165) is 0 Å². The lowest BCUT2D eigenvalue weighted by Gasteiger charge is -2.13. The lowest BCUT2D eigenvalue weighted by atomic mass is 10.2. The van der Waals surface area contributed by atoms with Crippen molar-refractivity contribution in [2.45, 2.75) is 13.8 Å². The van der Waals surface area contributed by atoms with Crippen LogP contribution in [0.1, 0.15) is 13.8 Å². The molecule has 3 N–H and O–H groups in total. The first-order chi connectivity index (χ1) is 9.72. The van der Waals surface area contributed by atoms with Crippen molar-refractivity contribution < 1.29 is 13.2 Å². The predicted molar refractivity (Wildman–Crippen MR) is 84.9 cm³/mol. The fraction of sp³-hybridized carbons (Fsp3) is 0.615. The minimum Gasteiger partial charge on any atom is -0.476 e. The summed E-state index contributed by atoms with van der Waals surface area (Å²) in [7, 11) is -0.204. The highest BCUT2D eigenvalue weighted by Crippen LogP contribution is 2.21. The Kier molecular flexibility index (Phi) is 6.22. The van der Waals surface area contributed by atoms with E-state index in [1.807, 2.05) is 13.8 Å². The molecule has 0 amide bonds. The molecule has 0 radical (unpaired) electrons. The Morgan fingerprint density at radius 2 is 2.05 bits per heavy atom. The van der Waals surface area contributed by atoms with Crippen LogP contribution >= 0.6 is 0 Å². The molecule has 1 aromatic rings. The van der Waals surface area contributed by atoms with Crippen molar-refractivity contribution in [1.29, 1.82) is 0 Å². The molecule has 0 saturated heterocycles. The Morgan fingerprint density at radius 1 is 1.38 bits per heavy atom. The molecule has 0 unspecified atom stereocenters. The van der Waals surface area contributed by atoms with Gasteiger partial charge in [-0.1, -0.05) is 13.8 Å². The van der Waals surface area contributed by atoms with Gasteiger partial charge < -0.3 is 15.8 Å². The average molecular weight is 316 g/mol. The van der Waals surface area contributed by atoms with Crippen molar-refractivity contribution in [1.82, 2.24) is 9.29 Å². The Bertz CT molecular complexity index is 559. The maximum Gasteiger partial charge on any atom is 0.239 e. The van der Waals surface area contributed by atoms with Gasteiger partial charge in [-0.15, -0.1) is 0 Å². The molecule has 0 aliphatic rings. The van der Waals surface area contributed by atoms with Gasteiger partial charge in [-0.2, -0.15) is 4.98 Å². The van der Waals surface area contributed by atoms with Crippen LogP contribution in [0, 0.1) is 5.92 Å². The number of hydrogen-bond acceptors (Lipinski definition) is 6. The fourth-order valence-electron chi connectivity index (χ4n) is 1.40. The van der Waals surface area contributed by atoms with Crippen LogP contribution in [0.3, 0.4) is 0 Å². The molecule has 21 heavy (non-hydrogen) atoms. The normalized spacial score (nSPS) is 11.9. The standard InChI is InChI=1S/C13H24N4O3S/c1-10(2)9-20-13-11(14)5-6-12(16-13)15-7-8-21(18,19)17(3)4/h5-6,10H,7-9,14H2,1-4H3,(H,15,16). The summed E-state index contributed by atoms with van der Waals surface area (Å²) in [4.78, 5) is 4.24. The SMILES string of the molecule is CC(C)COc1nc(NCCS(=O)(=O)N(C)C)ccc1N. The van der Waals surface area contributed by atoms with Gasteiger partial charge in [0.05, 0.1) is 18.0 Å². The van der Waals surface area contributed by atoms with Gasteiger partial charge in [0.15, 0.2) is 0 Å². The van der Waals surface area contributed by atoms with Crippen LogP contribution in [0.2, 0.25) is 0 Å². The molecular weight excluding hydrogens is 292 g/mol. The highest BCUT2D eigenvalue weighted by atomic mass is 32.2. The van der Waals surface area contributed by atoms with Gasteiger partial charge in [-0.3, -0.25) is 0 Å². The summed E-state index contributed by atoms with van der Waals surface area (Å²) in [6.45, 7) is 4.85. The van der Waals surface area contributed by atoms with E-state index in [-0.39, 0.29) is 12.3 Å². The Hall–Kier alpha value is -1.54. The number of sulfonamides is 1. The highest BCUT2D eigenvalue weighted by molar-refractivity contribution is 7.89. The maximum absolute atomic E-state index is 11.6. The van der Waals surface area contributed by atoms with Gasteiger partial charge in [-0.05, 0) is 18.1 Å². The van der Waals surface area contributed by atoms with Crippen LogP contribution in [0.4, 0.5) is 11.5 Å². The molecule has 0 saturated carbocycles. The number of nitrogen functional groups attached to an aromatic ring is 1. The number of hydrogen-bond donors (Lipinski definition) is 2. The van der Waals surface area contributed by atoms with Gasteiger partial charge in [0.25, 0.3) is 0 Å². The molecule has 0 aliphatic carbocycles. The Morgan fingerprint density at radius 3 is 2.62 bits per heavy atom. The first-order valence-corrected chi connectivity index (χ1v) is 8.36. The van der Waals surface area contributed by atoms with E-state index >= 15 is 0 Å². The van der Waals surface area contributed by atoms with Crippen molar-refractivity contribution in [2.24, 2.45) is 5.92 Å². The van der Waals surface area contributed by atoms with Gasteiger partial charge in [0, 0.05) is 20.6 Å². The zero-order valence-electron chi connectivity index (χ0n) is 13.0. The summed E-state index contributed by atoms with van der Waals surface area (Å²) in [6, 6.07) is 3.38. The second kappa shape index (κ2) is 7.46. The molecule has 0 fully saturated rings. The third-order valence-electron chi connectivity index (χ3n) is 2.67. The van der Waals surface area contributed by atoms with Crippen molar-refractivity contribution in [3.8, 4) is 5.88 Å². The predicted octanol–water partition coefficient (Wildman–Crippen LogP) is 1.00. The average Bonchev–Trinajstić information content (AvgIpc) is 2.38. The molecule has 8 heteroatoms. The maximum atomic E-state index is 11.6. The first-order valence-electron chi connectivity index (χ1n) is 6.75.